The first-order valence-electron chi connectivity index (χ1n) is 10.6. The van der Waals surface area contributed by atoms with Crippen molar-refractivity contribution in [3.05, 3.63) is 70.3 Å². The molecule has 2 aromatic carbocycles. The van der Waals surface area contributed by atoms with Crippen LogP contribution in [0.25, 0.3) is 0 Å². The zero-order valence-electron chi connectivity index (χ0n) is 18.3. The number of carbonyl (C=O) groups is 1. The maximum absolute atomic E-state index is 13.0. The zero-order valence-corrected chi connectivity index (χ0v) is 18.3. The molecule has 0 amide bonds. The fourth-order valence-corrected chi connectivity index (χ4v) is 3.71. The summed E-state index contributed by atoms with van der Waals surface area (Å²) in [5.41, 5.74) is 3.94. The summed E-state index contributed by atoms with van der Waals surface area (Å²) in [5, 5.41) is 30.5. The van der Waals surface area contributed by atoms with E-state index < -0.39 is 11.7 Å². The van der Waals surface area contributed by atoms with Gasteiger partial charge in [0.15, 0.2) is 17.3 Å². The number of aromatic hydroxyl groups is 3. The Hall–Kier alpha value is -3.21. The third kappa shape index (κ3) is 5.48. The lowest BCUT2D eigenvalue weighted by Gasteiger charge is -2.26. The number of carbonyl (C=O) groups excluding carboxylic acids is 1. The number of phenolic OH excluding ortho intramolecular Hbond substituents is 3. The molecular formula is C26H30O5. The van der Waals surface area contributed by atoms with E-state index in [1.807, 2.05) is 13.0 Å². The van der Waals surface area contributed by atoms with E-state index in [2.05, 4.69) is 19.9 Å². The van der Waals surface area contributed by atoms with E-state index in [-0.39, 0.29) is 29.5 Å². The van der Waals surface area contributed by atoms with Crippen LogP contribution in [0.3, 0.4) is 0 Å². The second-order valence-corrected chi connectivity index (χ2v) is 8.42. The van der Waals surface area contributed by atoms with E-state index >= 15 is 0 Å². The van der Waals surface area contributed by atoms with Gasteiger partial charge in [-0.15, -0.1) is 0 Å². The molecule has 164 valence electrons. The van der Waals surface area contributed by atoms with Gasteiger partial charge in [0.2, 0.25) is 0 Å². The van der Waals surface area contributed by atoms with Gasteiger partial charge >= 0.3 is 0 Å². The molecule has 3 rings (SSSR count). The van der Waals surface area contributed by atoms with Crippen LogP contribution in [0, 0.1) is 5.92 Å². The Balaban J connectivity index is 1.76. The number of phenols is 3. The summed E-state index contributed by atoms with van der Waals surface area (Å²) in [6, 6.07) is 8.30. The van der Waals surface area contributed by atoms with Crippen LogP contribution in [0.15, 0.2) is 53.6 Å². The molecule has 5 nitrogen and oxygen atoms in total. The summed E-state index contributed by atoms with van der Waals surface area (Å²) < 4.78 is 5.81. The first-order chi connectivity index (χ1) is 14.8. The van der Waals surface area contributed by atoms with Crippen molar-refractivity contribution in [2.45, 2.75) is 46.5 Å². The van der Waals surface area contributed by atoms with Crippen molar-refractivity contribution in [1.82, 2.24) is 0 Å². The van der Waals surface area contributed by atoms with E-state index in [9.17, 15) is 20.1 Å². The quantitative estimate of drug-likeness (QED) is 0.407. The van der Waals surface area contributed by atoms with E-state index in [4.69, 9.17) is 4.74 Å². The van der Waals surface area contributed by atoms with Crippen LogP contribution in [0.4, 0.5) is 0 Å². The molecule has 1 heterocycles. The van der Waals surface area contributed by atoms with Crippen LogP contribution in [-0.4, -0.2) is 27.7 Å². The minimum absolute atomic E-state index is 0.0422. The van der Waals surface area contributed by atoms with E-state index in [1.54, 1.807) is 30.3 Å². The van der Waals surface area contributed by atoms with Gasteiger partial charge in [0.1, 0.15) is 17.1 Å². The Kier molecular flexibility index (Phi) is 7.06. The van der Waals surface area contributed by atoms with Crippen molar-refractivity contribution in [1.29, 1.82) is 0 Å². The average molecular weight is 423 g/mol. The first-order valence-corrected chi connectivity index (χ1v) is 10.6. The summed E-state index contributed by atoms with van der Waals surface area (Å²) in [6.07, 6.45) is 6.98. The maximum Gasteiger partial charge on any atom is 0.177 e. The highest BCUT2D eigenvalue weighted by molar-refractivity contribution is 6.04. The molecule has 0 aliphatic carbocycles. The molecule has 2 aromatic rings. The van der Waals surface area contributed by atoms with Crippen LogP contribution in [-0.2, 0) is 12.8 Å². The maximum atomic E-state index is 13.0. The molecule has 0 saturated heterocycles. The van der Waals surface area contributed by atoms with Gasteiger partial charge in [0, 0.05) is 5.56 Å². The monoisotopic (exact) mass is 422 g/mol. The molecule has 5 heteroatoms. The molecule has 1 aliphatic rings. The SMILES string of the molecule is CC(C)=CCCC(C)=CCc1cc2c(c(O)c1O)C(=O)C(Cc1ccc(O)cc1)CO2. The number of rotatable bonds is 7. The predicted molar refractivity (Wildman–Crippen MR) is 121 cm³/mol. The lowest BCUT2D eigenvalue weighted by molar-refractivity contribution is 0.0825. The van der Waals surface area contributed by atoms with Crippen molar-refractivity contribution in [3.63, 3.8) is 0 Å². The van der Waals surface area contributed by atoms with Gasteiger partial charge in [-0.2, -0.15) is 0 Å². The first kappa shape index (κ1) is 22.5. The molecule has 0 aromatic heterocycles. The standard InChI is InChI=1S/C26H30O5/c1-16(2)5-4-6-17(3)7-10-19-14-22-23(26(30)25(19)29)24(28)20(15-31-22)13-18-8-11-21(27)12-9-18/h5,7-9,11-12,14,20,27,29-30H,4,6,10,13,15H2,1-3H3. The number of ether oxygens (including phenoxy) is 1. The van der Waals surface area contributed by atoms with Crippen LogP contribution >= 0.6 is 0 Å². The predicted octanol–water partition coefficient (Wildman–Crippen LogP) is 5.47. The van der Waals surface area contributed by atoms with Gasteiger partial charge in [0.25, 0.3) is 0 Å². The van der Waals surface area contributed by atoms with Gasteiger partial charge in [-0.3, -0.25) is 4.79 Å². The average Bonchev–Trinajstić information content (AvgIpc) is 2.72. The molecule has 0 saturated carbocycles. The summed E-state index contributed by atoms with van der Waals surface area (Å²) in [7, 11) is 0. The minimum Gasteiger partial charge on any atom is -0.508 e. The van der Waals surface area contributed by atoms with Gasteiger partial charge in [-0.1, -0.05) is 35.4 Å². The van der Waals surface area contributed by atoms with Crippen LogP contribution in [0.5, 0.6) is 23.0 Å². The lowest BCUT2D eigenvalue weighted by Crippen LogP contribution is -2.29. The van der Waals surface area contributed by atoms with Crippen molar-refractivity contribution in [3.8, 4) is 23.0 Å². The Labute approximate surface area is 183 Å². The van der Waals surface area contributed by atoms with Gasteiger partial charge in [-0.05, 0) is 70.2 Å². The molecule has 0 bridgehead atoms. The normalized spacial score (nSPS) is 15.9. The molecule has 1 unspecified atom stereocenters. The second-order valence-electron chi connectivity index (χ2n) is 8.42. The van der Waals surface area contributed by atoms with Gasteiger partial charge in [0.05, 0.1) is 12.5 Å². The highest BCUT2D eigenvalue weighted by Crippen LogP contribution is 2.43. The van der Waals surface area contributed by atoms with Gasteiger partial charge in [-0.25, -0.2) is 0 Å². The van der Waals surface area contributed by atoms with E-state index in [0.717, 1.165) is 18.4 Å². The Morgan fingerprint density at radius 3 is 2.45 bits per heavy atom. The van der Waals surface area contributed by atoms with Crippen LogP contribution in [0.2, 0.25) is 0 Å². The Morgan fingerprint density at radius 2 is 1.77 bits per heavy atom. The summed E-state index contributed by atoms with van der Waals surface area (Å²) in [4.78, 5) is 13.0. The van der Waals surface area contributed by atoms with Crippen LogP contribution < -0.4 is 4.74 Å². The molecule has 1 aliphatic heterocycles. The highest BCUT2D eigenvalue weighted by Gasteiger charge is 2.33. The fraction of sp³-hybridized carbons (Fsp3) is 0.346. The molecule has 3 N–H and O–H groups in total. The highest BCUT2D eigenvalue weighted by atomic mass is 16.5. The van der Waals surface area contributed by atoms with Crippen LogP contribution in [0.1, 0.15) is 55.1 Å². The minimum atomic E-state index is -0.467. The fourth-order valence-electron chi connectivity index (χ4n) is 3.71. The van der Waals surface area contributed by atoms with Crippen molar-refractivity contribution in [2.24, 2.45) is 5.92 Å². The third-order valence-corrected chi connectivity index (χ3v) is 5.55. The Bertz CT molecular complexity index is 1010. The third-order valence-electron chi connectivity index (χ3n) is 5.55. The number of Topliss-reactive ketones (excluding diaryl/α,β-unsaturated/α-hetero) is 1. The van der Waals surface area contributed by atoms with Gasteiger partial charge < -0.3 is 20.1 Å². The van der Waals surface area contributed by atoms with Crippen molar-refractivity contribution >= 4 is 5.78 Å². The molecule has 31 heavy (non-hydrogen) atoms. The molecule has 0 fully saturated rings. The number of hydrogen-bond acceptors (Lipinski definition) is 5. The zero-order chi connectivity index (χ0) is 22.5. The molecule has 0 radical (unpaired) electrons. The van der Waals surface area contributed by atoms with Crippen molar-refractivity contribution < 1.29 is 24.9 Å². The number of allylic oxidation sites excluding steroid dienone is 4. The summed E-state index contributed by atoms with van der Waals surface area (Å²) >= 11 is 0. The van der Waals surface area contributed by atoms with E-state index in [1.165, 1.54) is 11.1 Å². The topological polar surface area (TPSA) is 87.0 Å². The number of ketones is 1. The smallest absolute Gasteiger partial charge is 0.177 e. The van der Waals surface area contributed by atoms with E-state index in [0.29, 0.717) is 24.2 Å². The second kappa shape index (κ2) is 9.73. The Morgan fingerprint density at radius 1 is 1.06 bits per heavy atom. The molecule has 0 spiro atoms. The molecule has 1 atom stereocenters. The number of fused-ring (bicyclic) bond motifs is 1. The summed E-state index contributed by atoms with van der Waals surface area (Å²) in [5.74, 6) is -0.921. The summed E-state index contributed by atoms with van der Waals surface area (Å²) in [6.45, 7) is 6.39. The number of hydrogen-bond donors (Lipinski definition) is 3. The van der Waals surface area contributed by atoms with Crippen molar-refractivity contribution in [2.75, 3.05) is 6.61 Å². The lowest BCUT2D eigenvalue weighted by atomic mass is 9.88. The molecular weight excluding hydrogens is 392 g/mol. The largest absolute Gasteiger partial charge is 0.508 e. The number of benzene rings is 2.